The molecule has 0 unspecified atom stereocenters. The summed E-state index contributed by atoms with van der Waals surface area (Å²) >= 11 is 0. The van der Waals surface area contributed by atoms with Crippen molar-refractivity contribution < 1.29 is 4.74 Å². The summed E-state index contributed by atoms with van der Waals surface area (Å²) in [6.07, 6.45) is 5.25. The molecule has 0 atom stereocenters. The Labute approximate surface area is 140 Å². The van der Waals surface area contributed by atoms with Crippen LogP contribution in [0.5, 0.6) is 5.75 Å². The first kappa shape index (κ1) is 17.8. The Hall–Kier alpha value is -1.53. The van der Waals surface area contributed by atoms with Crippen LogP contribution in [0.4, 0.5) is 11.5 Å². The summed E-state index contributed by atoms with van der Waals surface area (Å²) in [6.45, 7) is 7.63. The molecule has 0 radical (unpaired) electrons. The van der Waals surface area contributed by atoms with Crippen molar-refractivity contribution in [1.82, 2.24) is 15.2 Å². The zero-order valence-electron chi connectivity index (χ0n) is 14.7. The molecule has 2 rings (SSSR count). The average Bonchev–Trinajstić information content (AvgIpc) is 2.58. The number of likely N-dealkylation sites (N-methyl/N-ethyl adjacent to an activating group) is 1. The van der Waals surface area contributed by atoms with E-state index in [1.54, 1.807) is 13.3 Å². The lowest BCUT2D eigenvalue weighted by molar-refractivity contribution is 0.170. The topological polar surface area (TPSA) is 66.7 Å². The number of piperidine rings is 1. The molecule has 130 valence electrons. The van der Waals surface area contributed by atoms with Crippen molar-refractivity contribution in [2.75, 3.05) is 57.5 Å². The average molecular weight is 321 g/mol. The molecule has 23 heavy (non-hydrogen) atoms. The Morgan fingerprint density at radius 3 is 2.74 bits per heavy atom. The van der Waals surface area contributed by atoms with Crippen LogP contribution < -0.4 is 20.7 Å². The molecule has 0 saturated carbocycles. The smallest absolute Gasteiger partial charge is 0.171 e. The van der Waals surface area contributed by atoms with E-state index < -0.39 is 0 Å². The molecule has 0 aliphatic carbocycles. The summed E-state index contributed by atoms with van der Waals surface area (Å²) < 4.78 is 5.44. The molecule has 1 aliphatic heterocycles. The molecule has 1 aromatic rings. The maximum Gasteiger partial charge on any atom is 0.171 e. The van der Waals surface area contributed by atoms with Gasteiger partial charge in [0.15, 0.2) is 11.6 Å². The van der Waals surface area contributed by atoms with Crippen LogP contribution in [0.2, 0.25) is 0 Å². The van der Waals surface area contributed by atoms with Crippen molar-refractivity contribution in [2.45, 2.75) is 32.2 Å². The van der Waals surface area contributed by atoms with Crippen molar-refractivity contribution >= 4 is 11.5 Å². The second-order valence-electron chi connectivity index (χ2n) is 6.15. The third-order valence-electron chi connectivity index (χ3n) is 4.51. The van der Waals surface area contributed by atoms with Gasteiger partial charge in [-0.1, -0.05) is 6.92 Å². The van der Waals surface area contributed by atoms with Gasteiger partial charge in [-0.25, -0.2) is 4.98 Å². The Bertz CT molecular complexity index is 474. The van der Waals surface area contributed by atoms with Crippen LogP contribution in [0, 0.1) is 0 Å². The molecule has 0 amide bonds. The van der Waals surface area contributed by atoms with Gasteiger partial charge in [-0.05, 0) is 32.9 Å². The van der Waals surface area contributed by atoms with Gasteiger partial charge in [0.2, 0.25) is 0 Å². The molecule has 1 aliphatic rings. The van der Waals surface area contributed by atoms with E-state index in [0.717, 1.165) is 37.7 Å². The third-order valence-corrected chi connectivity index (χ3v) is 4.51. The van der Waals surface area contributed by atoms with Crippen molar-refractivity contribution in [2.24, 2.45) is 0 Å². The monoisotopic (exact) mass is 321 g/mol. The van der Waals surface area contributed by atoms with Crippen LogP contribution in [0.25, 0.3) is 0 Å². The lowest BCUT2D eigenvalue weighted by atomic mass is 10.0. The van der Waals surface area contributed by atoms with Gasteiger partial charge in [-0.15, -0.1) is 0 Å². The summed E-state index contributed by atoms with van der Waals surface area (Å²) in [5, 5.41) is 3.26. The molecule has 3 N–H and O–H groups in total. The van der Waals surface area contributed by atoms with Gasteiger partial charge >= 0.3 is 0 Å². The number of nitrogen functional groups attached to an aromatic ring is 1. The summed E-state index contributed by atoms with van der Waals surface area (Å²) in [5.74, 6) is 1.68. The van der Waals surface area contributed by atoms with Gasteiger partial charge in [-0.2, -0.15) is 0 Å². The molecule has 6 heteroatoms. The second kappa shape index (κ2) is 8.93. The number of aromatic nitrogens is 1. The largest absolute Gasteiger partial charge is 0.493 e. The Balaban J connectivity index is 1.97. The number of nitrogens with two attached hydrogens (primary N) is 1. The summed E-state index contributed by atoms with van der Waals surface area (Å²) in [5.41, 5.74) is 6.44. The third kappa shape index (κ3) is 4.72. The second-order valence-corrected chi connectivity index (χ2v) is 6.15. The number of nitrogens with zero attached hydrogens (tertiary/aromatic N) is 3. The van der Waals surface area contributed by atoms with Gasteiger partial charge in [0.25, 0.3) is 0 Å². The molecular formula is C17H31N5O. The highest BCUT2D eigenvalue weighted by atomic mass is 16.5. The van der Waals surface area contributed by atoms with Gasteiger partial charge in [-0.3, -0.25) is 4.90 Å². The van der Waals surface area contributed by atoms with Gasteiger partial charge in [0.1, 0.15) is 0 Å². The Morgan fingerprint density at radius 2 is 2.13 bits per heavy atom. The number of hydrogen-bond donors (Lipinski definition) is 2. The van der Waals surface area contributed by atoms with E-state index in [1.165, 1.54) is 25.8 Å². The zero-order valence-corrected chi connectivity index (χ0v) is 14.7. The number of pyridine rings is 1. The lowest BCUT2D eigenvalue weighted by Gasteiger charge is -2.39. The van der Waals surface area contributed by atoms with Crippen molar-refractivity contribution in [1.29, 1.82) is 0 Å². The molecular weight excluding hydrogens is 290 g/mol. The maximum absolute atomic E-state index is 5.80. The van der Waals surface area contributed by atoms with Crippen LogP contribution in [0.15, 0.2) is 12.3 Å². The fourth-order valence-electron chi connectivity index (χ4n) is 3.30. The van der Waals surface area contributed by atoms with E-state index in [9.17, 15) is 0 Å². The number of hydrogen-bond acceptors (Lipinski definition) is 6. The molecule has 0 spiro atoms. The lowest BCUT2D eigenvalue weighted by Crippen LogP contribution is -2.47. The SMILES string of the molecule is CCCN(CCNC)C1CCN(c2ncc(N)cc2OC)CC1. The van der Waals surface area contributed by atoms with Crippen molar-refractivity contribution in [3.05, 3.63) is 12.3 Å². The first-order valence-electron chi connectivity index (χ1n) is 8.62. The summed E-state index contributed by atoms with van der Waals surface area (Å²) in [6, 6.07) is 2.52. The summed E-state index contributed by atoms with van der Waals surface area (Å²) in [7, 11) is 3.69. The normalized spacial score (nSPS) is 16.1. The van der Waals surface area contributed by atoms with E-state index in [-0.39, 0.29) is 0 Å². The van der Waals surface area contributed by atoms with E-state index in [0.29, 0.717) is 11.7 Å². The Morgan fingerprint density at radius 1 is 1.39 bits per heavy atom. The molecule has 6 nitrogen and oxygen atoms in total. The van der Waals surface area contributed by atoms with Gasteiger partial charge in [0.05, 0.1) is 19.0 Å². The molecule has 1 aromatic heterocycles. The van der Waals surface area contributed by atoms with E-state index >= 15 is 0 Å². The van der Waals surface area contributed by atoms with Crippen LogP contribution in [0.1, 0.15) is 26.2 Å². The van der Waals surface area contributed by atoms with Crippen LogP contribution in [0.3, 0.4) is 0 Å². The number of methoxy groups -OCH3 is 1. The standard InChI is InChI=1S/C17H31N5O/c1-4-8-21(11-7-19-2)15-5-9-22(10-6-15)17-16(23-3)12-14(18)13-20-17/h12-13,15,19H,4-11,18H2,1-3H3. The molecule has 1 fully saturated rings. The first-order chi connectivity index (χ1) is 11.2. The highest BCUT2D eigenvalue weighted by Crippen LogP contribution is 2.30. The number of rotatable bonds is 8. The van der Waals surface area contributed by atoms with Crippen LogP contribution in [-0.2, 0) is 0 Å². The number of ether oxygens (including phenoxy) is 1. The maximum atomic E-state index is 5.80. The summed E-state index contributed by atoms with van der Waals surface area (Å²) in [4.78, 5) is 9.42. The molecule has 2 heterocycles. The van der Waals surface area contributed by atoms with Crippen LogP contribution in [-0.4, -0.2) is 62.8 Å². The number of nitrogens with one attached hydrogen (secondary N) is 1. The van der Waals surface area contributed by atoms with Gasteiger partial charge < -0.3 is 20.7 Å². The fraction of sp³-hybridized carbons (Fsp3) is 0.706. The predicted octanol–water partition coefficient (Wildman–Crippen LogP) is 1.57. The molecule has 0 aromatic carbocycles. The highest BCUT2D eigenvalue weighted by molar-refractivity contribution is 5.58. The van der Waals surface area contributed by atoms with Crippen molar-refractivity contribution in [3.8, 4) is 5.75 Å². The minimum atomic E-state index is 0.640. The minimum Gasteiger partial charge on any atom is -0.493 e. The highest BCUT2D eigenvalue weighted by Gasteiger charge is 2.26. The first-order valence-corrected chi connectivity index (χ1v) is 8.62. The number of anilines is 2. The van der Waals surface area contributed by atoms with E-state index in [2.05, 4.69) is 27.0 Å². The quantitative estimate of drug-likeness (QED) is 0.758. The van der Waals surface area contributed by atoms with Crippen LogP contribution >= 0.6 is 0 Å². The van der Waals surface area contributed by atoms with E-state index in [4.69, 9.17) is 10.5 Å². The fourth-order valence-corrected chi connectivity index (χ4v) is 3.30. The Kier molecular flexibility index (Phi) is 6.92. The van der Waals surface area contributed by atoms with Crippen molar-refractivity contribution in [3.63, 3.8) is 0 Å². The van der Waals surface area contributed by atoms with Gasteiger partial charge in [0, 0.05) is 38.3 Å². The zero-order chi connectivity index (χ0) is 16.7. The minimum absolute atomic E-state index is 0.640. The molecule has 1 saturated heterocycles. The predicted molar refractivity (Wildman–Crippen MR) is 96.2 cm³/mol. The van der Waals surface area contributed by atoms with E-state index in [1.807, 2.05) is 13.1 Å². The molecule has 0 bridgehead atoms.